The van der Waals surface area contributed by atoms with Crippen molar-refractivity contribution in [3.05, 3.63) is 35.3 Å². The minimum atomic E-state index is 0.168. The zero-order valence-corrected chi connectivity index (χ0v) is 9.44. The second kappa shape index (κ2) is 4.76. The molecule has 0 saturated heterocycles. The molecule has 0 bridgehead atoms. The Morgan fingerprint density at radius 2 is 2.38 bits per heavy atom. The number of rotatable bonds is 3. The number of phenolic OH excluding ortho intramolecular Hbond substituents is 1. The molecular weight excluding hydrogens is 224 g/mol. The van der Waals surface area contributed by atoms with Crippen molar-refractivity contribution in [1.82, 2.24) is 4.98 Å². The molecule has 16 heavy (non-hydrogen) atoms. The van der Waals surface area contributed by atoms with Crippen molar-refractivity contribution in [3.8, 4) is 11.5 Å². The standard InChI is InChI=1S/C11H10N2O2S/c1-15-9-2-3-10(14)8(6-9)7-13-11-12-4-5-16-11/h2-7,14H,1H3. The first-order valence-electron chi connectivity index (χ1n) is 4.60. The molecular formula is C11H10N2O2S. The Labute approximate surface area is 96.9 Å². The van der Waals surface area contributed by atoms with Crippen LogP contribution in [0.5, 0.6) is 11.5 Å². The molecule has 0 fully saturated rings. The molecule has 0 spiro atoms. The Morgan fingerprint density at radius 3 is 3.06 bits per heavy atom. The summed E-state index contributed by atoms with van der Waals surface area (Å²) in [6, 6.07) is 4.98. The summed E-state index contributed by atoms with van der Waals surface area (Å²) in [7, 11) is 1.58. The molecule has 0 aliphatic heterocycles. The maximum atomic E-state index is 9.60. The third kappa shape index (κ3) is 2.38. The molecule has 5 heteroatoms. The Bertz CT molecular complexity index is 495. The third-order valence-electron chi connectivity index (χ3n) is 1.97. The number of nitrogens with zero attached hydrogens (tertiary/aromatic N) is 2. The van der Waals surface area contributed by atoms with Gasteiger partial charge in [-0.25, -0.2) is 9.98 Å². The minimum Gasteiger partial charge on any atom is -0.507 e. The fraction of sp³-hybridized carbons (Fsp3) is 0.0909. The molecule has 4 nitrogen and oxygen atoms in total. The van der Waals surface area contributed by atoms with Crippen LogP contribution in [0.1, 0.15) is 5.56 Å². The number of aromatic hydroxyl groups is 1. The molecule has 2 rings (SSSR count). The van der Waals surface area contributed by atoms with Crippen molar-refractivity contribution in [2.75, 3.05) is 7.11 Å². The highest BCUT2D eigenvalue weighted by molar-refractivity contribution is 7.13. The van der Waals surface area contributed by atoms with E-state index >= 15 is 0 Å². The molecule has 0 atom stereocenters. The highest BCUT2D eigenvalue weighted by Gasteiger charge is 2.00. The summed E-state index contributed by atoms with van der Waals surface area (Å²) in [6.07, 6.45) is 3.25. The van der Waals surface area contributed by atoms with Crippen LogP contribution in [0.25, 0.3) is 0 Å². The summed E-state index contributed by atoms with van der Waals surface area (Å²) in [5.41, 5.74) is 0.606. The van der Waals surface area contributed by atoms with Gasteiger partial charge in [-0.15, -0.1) is 11.3 Å². The lowest BCUT2D eigenvalue weighted by molar-refractivity contribution is 0.412. The van der Waals surface area contributed by atoms with Gasteiger partial charge in [-0.1, -0.05) is 0 Å². The molecule has 0 amide bonds. The van der Waals surface area contributed by atoms with Crippen LogP contribution >= 0.6 is 11.3 Å². The predicted octanol–water partition coefficient (Wildman–Crippen LogP) is 2.61. The van der Waals surface area contributed by atoms with Crippen LogP contribution in [0.4, 0.5) is 5.13 Å². The largest absolute Gasteiger partial charge is 0.507 e. The van der Waals surface area contributed by atoms with Crippen molar-refractivity contribution in [2.24, 2.45) is 4.99 Å². The fourth-order valence-electron chi connectivity index (χ4n) is 1.17. The number of benzene rings is 1. The average Bonchev–Trinajstić information content (AvgIpc) is 2.81. The van der Waals surface area contributed by atoms with E-state index in [0.717, 1.165) is 0 Å². The van der Waals surface area contributed by atoms with Crippen LogP contribution in [0, 0.1) is 0 Å². The maximum Gasteiger partial charge on any atom is 0.209 e. The SMILES string of the molecule is COc1ccc(O)c(C=Nc2nccs2)c1. The third-order valence-corrected chi connectivity index (χ3v) is 2.65. The lowest BCUT2D eigenvalue weighted by atomic mass is 10.2. The number of thiazole rings is 1. The summed E-state index contributed by atoms with van der Waals surface area (Å²) in [5.74, 6) is 0.847. The van der Waals surface area contributed by atoms with E-state index < -0.39 is 0 Å². The van der Waals surface area contributed by atoms with Crippen molar-refractivity contribution in [1.29, 1.82) is 0 Å². The van der Waals surface area contributed by atoms with Crippen LogP contribution in [0.3, 0.4) is 0 Å². The summed E-state index contributed by atoms with van der Waals surface area (Å²) in [5, 5.41) is 12.1. The Morgan fingerprint density at radius 1 is 1.50 bits per heavy atom. The topological polar surface area (TPSA) is 54.7 Å². The van der Waals surface area contributed by atoms with E-state index in [0.29, 0.717) is 16.4 Å². The predicted molar refractivity (Wildman–Crippen MR) is 64.0 cm³/mol. The molecule has 0 aliphatic rings. The van der Waals surface area contributed by atoms with Crippen molar-refractivity contribution in [2.45, 2.75) is 0 Å². The highest BCUT2D eigenvalue weighted by Crippen LogP contribution is 2.22. The normalized spacial score (nSPS) is 10.8. The molecule has 1 aromatic heterocycles. The van der Waals surface area contributed by atoms with E-state index in [4.69, 9.17) is 4.74 Å². The summed E-state index contributed by atoms with van der Waals surface area (Å²) in [6.45, 7) is 0. The zero-order chi connectivity index (χ0) is 11.4. The van der Waals surface area contributed by atoms with Gasteiger partial charge in [0.15, 0.2) is 0 Å². The highest BCUT2D eigenvalue weighted by atomic mass is 32.1. The summed E-state index contributed by atoms with van der Waals surface area (Å²) in [4.78, 5) is 8.15. The van der Waals surface area contributed by atoms with Crippen LogP contribution < -0.4 is 4.74 Å². The van der Waals surface area contributed by atoms with E-state index in [1.54, 1.807) is 37.7 Å². The van der Waals surface area contributed by atoms with E-state index in [9.17, 15) is 5.11 Å². The van der Waals surface area contributed by atoms with E-state index in [2.05, 4.69) is 9.98 Å². The molecule has 1 aromatic carbocycles. The first-order chi connectivity index (χ1) is 7.79. The van der Waals surface area contributed by atoms with Gasteiger partial charge in [0.05, 0.1) is 7.11 Å². The average molecular weight is 234 g/mol. The van der Waals surface area contributed by atoms with Gasteiger partial charge >= 0.3 is 0 Å². The number of aliphatic imine (C=N–C) groups is 1. The van der Waals surface area contributed by atoms with Gasteiger partial charge in [0.2, 0.25) is 5.13 Å². The lowest BCUT2D eigenvalue weighted by Gasteiger charge is -2.02. The summed E-state index contributed by atoms with van der Waals surface area (Å²) < 4.78 is 5.06. The van der Waals surface area contributed by atoms with E-state index in [-0.39, 0.29) is 5.75 Å². The molecule has 0 unspecified atom stereocenters. The smallest absolute Gasteiger partial charge is 0.209 e. The molecule has 1 heterocycles. The van der Waals surface area contributed by atoms with Crippen LogP contribution in [-0.2, 0) is 0 Å². The maximum absolute atomic E-state index is 9.60. The van der Waals surface area contributed by atoms with Crippen molar-refractivity contribution >= 4 is 22.7 Å². The molecule has 0 radical (unpaired) electrons. The van der Waals surface area contributed by atoms with Gasteiger partial charge in [0, 0.05) is 23.4 Å². The van der Waals surface area contributed by atoms with Gasteiger partial charge in [0.25, 0.3) is 0 Å². The first-order valence-corrected chi connectivity index (χ1v) is 5.48. The quantitative estimate of drug-likeness (QED) is 0.830. The van der Waals surface area contributed by atoms with Crippen LogP contribution in [-0.4, -0.2) is 23.4 Å². The summed E-state index contributed by atoms with van der Waals surface area (Å²) >= 11 is 1.44. The van der Waals surface area contributed by atoms with Gasteiger partial charge in [-0.3, -0.25) is 0 Å². The van der Waals surface area contributed by atoms with Gasteiger partial charge in [0.1, 0.15) is 11.5 Å². The van der Waals surface area contributed by atoms with Crippen LogP contribution in [0.2, 0.25) is 0 Å². The molecule has 2 aromatic rings. The zero-order valence-electron chi connectivity index (χ0n) is 8.62. The number of phenols is 1. The number of hydrogen-bond donors (Lipinski definition) is 1. The van der Waals surface area contributed by atoms with Gasteiger partial charge in [-0.2, -0.15) is 0 Å². The Hall–Kier alpha value is -1.88. The Balaban J connectivity index is 2.26. The lowest BCUT2D eigenvalue weighted by Crippen LogP contribution is -1.86. The van der Waals surface area contributed by atoms with E-state index in [1.807, 2.05) is 5.38 Å². The van der Waals surface area contributed by atoms with Gasteiger partial charge < -0.3 is 9.84 Å². The van der Waals surface area contributed by atoms with Crippen molar-refractivity contribution < 1.29 is 9.84 Å². The Kier molecular flexibility index (Phi) is 3.16. The van der Waals surface area contributed by atoms with Gasteiger partial charge in [-0.05, 0) is 18.2 Å². The van der Waals surface area contributed by atoms with Crippen molar-refractivity contribution in [3.63, 3.8) is 0 Å². The number of ether oxygens (including phenoxy) is 1. The monoisotopic (exact) mass is 234 g/mol. The fourth-order valence-corrected chi connectivity index (χ4v) is 1.65. The molecule has 1 N–H and O–H groups in total. The second-order valence-corrected chi connectivity index (χ2v) is 3.87. The second-order valence-electron chi connectivity index (χ2n) is 3.00. The number of hydrogen-bond acceptors (Lipinski definition) is 5. The number of aromatic nitrogens is 1. The van der Waals surface area contributed by atoms with E-state index in [1.165, 1.54) is 11.3 Å². The molecule has 82 valence electrons. The molecule has 0 aliphatic carbocycles. The first kappa shape index (κ1) is 10.6. The minimum absolute atomic E-state index is 0.168. The van der Waals surface area contributed by atoms with Crippen LogP contribution in [0.15, 0.2) is 34.8 Å². The number of methoxy groups -OCH3 is 1. The molecule has 0 saturated carbocycles.